The van der Waals surface area contributed by atoms with E-state index in [4.69, 9.17) is 0 Å². The number of benzene rings is 1. The molecule has 0 aliphatic carbocycles. The third-order valence-electron chi connectivity index (χ3n) is 5.71. The van der Waals surface area contributed by atoms with Crippen molar-refractivity contribution < 1.29 is 10.0 Å². The van der Waals surface area contributed by atoms with Gasteiger partial charge in [-0.2, -0.15) is 0 Å². The Hall–Kier alpha value is -1.71. The zero-order chi connectivity index (χ0) is 15.1. The van der Waals surface area contributed by atoms with Crippen LogP contribution in [0.25, 0.3) is 10.9 Å². The van der Waals surface area contributed by atoms with Gasteiger partial charge in [-0.05, 0) is 23.6 Å². The van der Waals surface area contributed by atoms with Crippen LogP contribution in [0.5, 0.6) is 0 Å². The van der Waals surface area contributed by atoms with Crippen LogP contribution in [-0.4, -0.2) is 29.2 Å². The topological polar surface area (TPSA) is 37.6 Å². The van der Waals surface area contributed by atoms with E-state index >= 15 is 0 Å². The van der Waals surface area contributed by atoms with Gasteiger partial charge in [-0.3, -0.25) is 4.98 Å². The number of aliphatic hydroxyl groups excluding tert-OH is 1. The summed E-state index contributed by atoms with van der Waals surface area (Å²) in [5, 5.41) is 12.1. The Morgan fingerprint density at radius 3 is 2.95 bits per heavy atom. The molecule has 0 saturated carbocycles. The van der Waals surface area contributed by atoms with Crippen LogP contribution in [-0.2, 0) is 0 Å². The van der Waals surface area contributed by atoms with Crippen LogP contribution in [0, 0.1) is 11.8 Å². The van der Waals surface area contributed by atoms with Crippen molar-refractivity contribution in [1.82, 2.24) is 4.98 Å². The second-order valence-corrected chi connectivity index (χ2v) is 6.77. The number of para-hydroxylation sites is 1. The first-order chi connectivity index (χ1) is 10.8. The number of nitrogens with zero attached hydrogens (tertiary/aromatic N) is 1. The molecule has 3 aliphatic heterocycles. The Morgan fingerprint density at radius 2 is 2.18 bits per heavy atom. The predicted molar refractivity (Wildman–Crippen MR) is 87.6 cm³/mol. The smallest absolute Gasteiger partial charge is 0.131 e. The van der Waals surface area contributed by atoms with E-state index in [-0.39, 0.29) is 0 Å². The van der Waals surface area contributed by atoms with Crippen LogP contribution in [0.1, 0.15) is 24.5 Å². The largest absolute Gasteiger partial charge is 0.382 e. The van der Waals surface area contributed by atoms with Gasteiger partial charge < -0.3 is 10.0 Å². The number of hydrogen-bond acceptors (Lipinski definition) is 2. The highest BCUT2D eigenvalue weighted by molar-refractivity contribution is 5.82. The molecular formula is C19H23N2O+. The van der Waals surface area contributed by atoms with Gasteiger partial charge >= 0.3 is 0 Å². The van der Waals surface area contributed by atoms with Crippen LogP contribution in [0.15, 0.2) is 49.2 Å². The molecule has 1 aromatic carbocycles. The van der Waals surface area contributed by atoms with Crippen molar-refractivity contribution in [2.45, 2.75) is 25.0 Å². The van der Waals surface area contributed by atoms with E-state index in [0.29, 0.717) is 17.9 Å². The first kappa shape index (κ1) is 13.9. The highest BCUT2D eigenvalue weighted by Gasteiger charge is 2.45. The van der Waals surface area contributed by atoms with E-state index in [2.05, 4.69) is 23.7 Å². The number of aliphatic hydroxyl groups is 1. The molecule has 0 radical (unpaired) electrons. The summed E-state index contributed by atoms with van der Waals surface area (Å²) in [6, 6.07) is 10.4. The van der Waals surface area contributed by atoms with Gasteiger partial charge in [0.05, 0.1) is 18.6 Å². The molecule has 114 valence electrons. The van der Waals surface area contributed by atoms with E-state index < -0.39 is 6.10 Å². The zero-order valence-corrected chi connectivity index (χ0v) is 12.8. The maximum Gasteiger partial charge on any atom is 0.131 e. The molecule has 3 fully saturated rings. The number of nitrogens with one attached hydrogen (secondary N) is 1. The van der Waals surface area contributed by atoms with Crippen LogP contribution in [0.4, 0.5) is 0 Å². The first-order valence-electron chi connectivity index (χ1n) is 8.27. The monoisotopic (exact) mass is 295 g/mol. The van der Waals surface area contributed by atoms with Gasteiger partial charge in [-0.1, -0.05) is 24.3 Å². The molecule has 1 unspecified atom stereocenters. The normalized spacial score (nSPS) is 32.0. The van der Waals surface area contributed by atoms with Crippen LogP contribution in [0.2, 0.25) is 0 Å². The average molecular weight is 295 g/mol. The molecule has 3 saturated heterocycles. The molecule has 3 nitrogen and oxygen atoms in total. The van der Waals surface area contributed by atoms with E-state index in [0.717, 1.165) is 29.4 Å². The number of quaternary nitrogens is 1. The Kier molecular flexibility index (Phi) is 3.47. The molecule has 2 aromatic rings. The van der Waals surface area contributed by atoms with Gasteiger partial charge in [0, 0.05) is 30.3 Å². The van der Waals surface area contributed by atoms with Crippen molar-refractivity contribution in [2.24, 2.45) is 11.8 Å². The standard InChI is InChI=1S/C19H22N2O/c1-2-13-12-21-10-8-14(13)11-18(21)19(22)16-7-9-20-17-6-4-3-5-15(16)17/h2-7,9,13-14,18-19,22H,1,8,10-12H2/p+1/t13-,14-,18-,19-/m0/s1. The van der Waals surface area contributed by atoms with Crippen molar-refractivity contribution in [1.29, 1.82) is 0 Å². The minimum atomic E-state index is -0.406. The summed E-state index contributed by atoms with van der Waals surface area (Å²) >= 11 is 0. The Balaban J connectivity index is 1.67. The van der Waals surface area contributed by atoms with Gasteiger partial charge in [0.2, 0.25) is 0 Å². The van der Waals surface area contributed by atoms with Crippen molar-refractivity contribution in [2.75, 3.05) is 13.1 Å². The van der Waals surface area contributed by atoms with Crippen molar-refractivity contribution >= 4 is 10.9 Å². The predicted octanol–water partition coefficient (Wildman–Crippen LogP) is 1.75. The van der Waals surface area contributed by atoms with Gasteiger partial charge in [-0.15, -0.1) is 6.58 Å². The second-order valence-electron chi connectivity index (χ2n) is 6.77. The molecule has 3 heteroatoms. The molecule has 5 rings (SSSR count). The Bertz CT molecular complexity index is 693. The molecule has 0 spiro atoms. The SMILES string of the molecule is C=C[C@H]1C[NH+]2CC[C@H]1C[C@H]2[C@@H](O)c1ccnc2ccccc12. The van der Waals surface area contributed by atoms with E-state index in [1.807, 2.05) is 30.5 Å². The van der Waals surface area contributed by atoms with E-state index in [9.17, 15) is 5.11 Å². The summed E-state index contributed by atoms with van der Waals surface area (Å²) in [6.07, 6.45) is 5.90. The minimum Gasteiger partial charge on any atom is -0.382 e. The maximum atomic E-state index is 11.0. The number of aromatic nitrogens is 1. The third-order valence-corrected chi connectivity index (χ3v) is 5.71. The Labute approximate surface area is 131 Å². The molecule has 4 heterocycles. The lowest BCUT2D eigenvalue weighted by atomic mass is 9.73. The summed E-state index contributed by atoms with van der Waals surface area (Å²) < 4.78 is 0. The Morgan fingerprint density at radius 1 is 1.32 bits per heavy atom. The minimum absolute atomic E-state index is 0.306. The summed E-state index contributed by atoms with van der Waals surface area (Å²) in [4.78, 5) is 5.95. The average Bonchev–Trinajstić information content (AvgIpc) is 2.60. The van der Waals surface area contributed by atoms with Gasteiger partial charge in [0.25, 0.3) is 0 Å². The van der Waals surface area contributed by atoms with E-state index in [1.165, 1.54) is 13.0 Å². The van der Waals surface area contributed by atoms with Crippen molar-refractivity contribution in [3.8, 4) is 0 Å². The second kappa shape index (κ2) is 5.49. The molecule has 1 aromatic heterocycles. The van der Waals surface area contributed by atoms with Crippen LogP contribution >= 0.6 is 0 Å². The molecule has 5 atom stereocenters. The summed E-state index contributed by atoms with van der Waals surface area (Å²) in [6.45, 7) is 6.29. The molecule has 22 heavy (non-hydrogen) atoms. The number of rotatable bonds is 3. The van der Waals surface area contributed by atoms with Gasteiger partial charge in [0.15, 0.2) is 0 Å². The zero-order valence-electron chi connectivity index (χ0n) is 12.8. The van der Waals surface area contributed by atoms with Crippen molar-refractivity contribution in [3.63, 3.8) is 0 Å². The molecule has 3 aliphatic rings. The number of fused-ring (bicyclic) bond motifs is 4. The van der Waals surface area contributed by atoms with Crippen LogP contribution in [0.3, 0.4) is 0 Å². The molecule has 2 bridgehead atoms. The number of pyridine rings is 1. The summed E-state index contributed by atoms with van der Waals surface area (Å²) in [7, 11) is 0. The lowest BCUT2D eigenvalue weighted by molar-refractivity contribution is -0.949. The first-order valence-corrected chi connectivity index (χ1v) is 8.27. The van der Waals surface area contributed by atoms with Crippen LogP contribution < -0.4 is 4.90 Å². The lowest BCUT2D eigenvalue weighted by Gasteiger charge is -2.47. The fraction of sp³-hybridized carbons (Fsp3) is 0.421. The fourth-order valence-electron chi connectivity index (χ4n) is 4.50. The molecular weight excluding hydrogens is 272 g/mol. The van der Waals surface area contributed by atoms with Crippen molar-refractivity contribution in [3.05, 3.63) is 54.7 Å². The quantitative estimate of drug-likeness (QED) is 0.847. The van der Waals surface area contributed by atoms with Gasteiger partial charge in [-0.25, -0.2) is 0 Å². The fourth-order valence-corrected chi connectivity index (χ4v) is 4.50. The summed E-state index contributed by atoms with van der Waals surface area (Å²) in [5.41, 5.74) is 2.00. The van der Waals surface area contributed by atoms with E-state index in [1.54, 1.807) is 4.90 Å². The number of piperidine rings is 3. The molecule has 0 amide bonds. The third kappa shape index (κ3) is 2.16. The summed E-state index contributed by atoms with van der Waals surface area (Å²) in [5.74, 6) is 1.32. The lowest BCUT2D eigenvalue weighted by Crippen LogP contribution is -3.20. The number of hydrogen-bond donors (Lipinski definition) is 2. The highest BCUT2D eigenvalue weighted by Crippen LogP contribution is 2.33. The van der Waals surface area contributed by atoms with Gasteiger partial charge in [0.1, 0.15) is 12.1 Å². The highest BCUT2D eigenvalue weighted by atomic mass is 16.3. The maximum absolute atomic E-state index is 11.0. The molecule has 2 N–H and O–H groups in total.